The second-order valence-corrected chi connectivity index (χ2v) is 6.50. The van der Waals surface area contributed by atoms with Gasteiger partial charge in [0.15, 0.2) is 0 Å². The van der Waals surface area contributed by atoms with Crippen LogP contribution < -0.4 is 0 Å². The van der Waals surface area contributed by atoms with Crippen LogP contribution in [0.15, 0.2) is 35.2 Å². The van der Waals surface area contributed by atoms with Crippen LogP contribution in [0.4, 0.5) is 0 Å². The van der Waals surface area contributed by atoms with Gasteiger partial charge in [0.25, 0.3) is 0 Å². The van der Waals surface area contributed by atoms with Crippen LogP contribution in [0.3, 0.4) is 0 Å². The van der Waals surface area contributed by atoms with Gasteiger partial charge in [0.2, 0.25) is 5.91 Å². The summed E-state index contributed by atoms with van der Waals surface area (Å²) in [5, 5.41) is 0. The first kappa shape index (κ1) is 15.4. The smallest absolute Gasteiger partial charge is 0.232 e. The Morgan fingerprint density at radius 2 is 2.15 bits per heavy atom. The Morgan fingerprint density at radius 3 is 2.85 bits per heavy atom. The lowest BCUT2D eigenvalue weighted by Gasteiger charge is -2.20. The fraction of sp³-hybridized carbons (Fsp3) is 0.562. The summed E-state index contributed by atoms with van der Waals surface area (Å²) in [6.45, 7) is 6.21. The standard InChI is InChI=1S/C16H24N2OS/c1-3-17(2)11-14-9-10-18(12-14)16(19)13-20-15-7-5-4-6-8-15/h4-8,14H,3,9-13H2,1-2H3/t14-/m1/s1. The lowest BCUT2D eigenvalue weighted by atomic mass is 10.1. The molecule has 1 aliphatic rings. The topological polar surface area (TPSA) is 23.6 Å². The molecule has 0 N–H and O–H groups in total. The van der Waals surface area contributed by atoms with E-state index in [4.69, 9.17) is 0 Å². The molecule has 0 bridgehead atoms. The van der Waals surface area contributed by atoms with E-state index in [1.54, 1.807) is 11.8 Å². The maximum absolute atomic E-state index is 12.2. The van der Waals surface area contributed by atoms with Gasteiger partial charge < -0.3 is 9.80 Å². The number of rotatable bonds is 6. The number of hydrogen-bond donors (Lipinski definition) is 0. The maximum atomic E-state index is 12.2. The van der Waals surface area contributed by atoms with Gasteiger partial charge in [-0.15, -0.1) is 11.8 Å². The van der Waals surface area contributed by atoms with Crippen LogP contribution >= 0.6 is 11.8 Å². The largest absolute Gasteiger partial charge is 0.342 e. The van der Waals surface area contributed by atoms with Gasteiger partial charge in [0.05, 0.1) is 5.75 Å². The minimum atomic E-state index is 0.278. The third-order valence-electron chi connectivity index (χ3n) is 3.85. The fourth-order valence-corrected chi connectivity index (χ4v) is 3.35. The second kappa shape index (κ2) is 7.70. The summed E-state index contributed by atoms with van der Waals surface area (Å²) in [7, 11) is 2.15. The molecule has 2 rings (SSSR count). The fourth-order valence-electron chi connectivity index (χ4n) is 2.53. The summed E-state index contributed by atoms with van der Waals surface area (Å²) < 4.78 is 0. The Labute approximate surface area is 126 Å². The van der Waals surface area contributed by atoms with Crippen molar-refractivity contribution in [3.8, 4) is 0 Å². The molecule has 0 aromatic heterocycles. The normalized spacial score (nSPS) is 18.8. The van der Waals surface area contributed by atoms with E-state index in [1.165, 1.54) is 4.90 Å². The number of thioether (sulfide) groups is 1. The highest BCUT2D eigenvalue weighted by Crippen LogP contribution is 2.21. The Hall–Kier alpha value is -1.00. The molecule has 0 unspecified atom stereocenters. The lowest BCUT2D eigenvalue weighted by molar-refractivity contribution is -0.127. The quantitative estimate of drug-likeness (QED) is 0.753. The summed E-state index contributed by atoms with van der Waals surface area (Å²) in [6, 6.07) is 10.1. The predicted molar refractivity (Wildman–Crippen MR) is 85.0 cm³/mol. The molecule has 4 heteroatoms. The zero-order valence-corrected chi connectivity index (χ0v) is 13.2. The maximum Gasteiger partial charge on any atom is 0.232 e. The van der Waals surface area contributed by atoms with Gasteiger partial charge in [0, 0.05) is 24.5 Å². The van der Waals surface area contributed by atoms with Gasteiger partial charge in [-0.05, 0) is 38.1 Å². The summed E-state index contributed by atoms with van der Waals surface area (Å²) in [5.74, 6) is 1.48. The van der Waals surface area contributed by atoms with Crippen molar-refractivity contribution in [3.63, 3.8) is 0 Å². The first-order chi connectivity index (χ1) is 9.69. The van der Waals surface area contributed by atoms with Crippen molar-refractivity contribution >= 4 is 17.7 Å². The molecule has 1 amide bonds. The van der Waals surface area contributed by atoms with Gasteiger partial charge in [-0.1, -0.05) is 25.1 Å². The summed E-state index contributed by atoms with van der Waals surface area (Å²) in [4.78, 5) is 17.7. The van der Waals surface area contributed by atoms with Gasteiger partial charge >= 0.3 is 0 Å². The Balaban J connectivity index is 1.74. The van der Waals surface area contributed by atoms with Gasteiger partial charge in [-0.3, -0.25) is 4.79 Å². The number of amides is 1. The van der Waals surface area contributed by atoms with Gasteiger partial charge in [-0.25, -0.2) is 0 Å². The average Bonchev–Trinajstić information content (AvgIpc) is 2.94. The van der Waals surface area contributed by atoms with Crippen LogP contribution in [0.1, 0.15) is 13.3 Å². The summed E-state index contributed by atoms with van der Waals surface area (Å²) >= 11 is 1.63. The van der Waals surface area contributed by atoms with Crippen molar-refractivity contribution in [3.05, 3.63) is 30.3 Å². The Kier molecular flexibility index (Phi) is 5.92. The molecular weight excluding hydrogens is 268 g/mol. The zero-order valence-electron chi connectivity index (χ0n) is 12.4. The van der Waals surface area contributed by atoms with Gasteiger partial charge in [-0.2, -0.15) is 0 Å². The number of hydrogen-bond acceptors (Lipinski definition) is 3. The predicted octanol–water partition coefficient (Wildman–Crippen LogP) is 2.58. The zero-order chi connectivity index (χ0) is 14.4. The molecule has 1 fully saturated rings. The Bertz CT molecular complexity index is 424. The number of likely N-dealkylation sites (tertiary alicyclic amines) is 1. The van der Waals surface area contributed by atoms with E-state index < -0.39 is 0 Å². The Morgan fingerprint density at radius 1 is 1.40 bits per heavy atom. The minimum Gasteiger partial charge on any atom is -0.342 e. The van der Waals surface area contributed by atoms with Crippen molar-refractivity contribution in [2.24, 2.45) is 5.92 Å². The van der Waals surface area contributed by atoms with Crippen molar-refractivity contribution in [2.45, 2.75) is 18.2 Å². The minimum absolute atomic E-state index is 0.278. The number of carbonyl (C=O) groups excluding carboxylic acids is 1. The van der Waals surface area contributed by atoms with Crippen molar-refractivity contribution < 1.29 is 4.79 Å². The third-order valence-corrected chi connectivity index (χ3v) is 4.85. The molecule has 3 nitrogen and oxygen atoms in total. The number of benzene rings is 1. The SMILES string of the molecule is CCN(C)C[C@H]1CCN(C(=O)CSc2ccccc2)C1. The molecule has 0 saturated carbocycles. The van der Waals surface area contributed by atoms with Crippen LogP contribution in [0.2, 0.25) is 0 Å². The molecule has 0 radical (unpaired) electrons. The van der Waals surface area contributed by atoms with Crippen LogP contribution in [0, 0.1) is 5.92 Å². The highest BCUT2D eigenvalue weighted by Gasteiger charge is 2.26. The van der Waals surface area contributed by atoms with E-state index >= 15 is 0 Å². The molecular formula is C16H24N2OS. The first-order valence-electron chi connectivity index (χ1n) is 7.33. The molecule has 1 atom stereocenters. The molecule has 110 valence electrons. The number of carbonyl (C=O) groups is 1. The van der Waals surface area contributed by atoms with E-state index in [0.717, 1.165) is 32.6 Å². The number of nitrogens with zero attached hydrogens (tertiary/aromatic N) is 2. The molecule has 0 spiro atoms. The molecule has 1 aliphatic heterocycles. The summed E-state index contributed by atoms with van der Waals surface area (Å²) in [6.07, 6.45) is 1.14. The van der Waals surface area contributed by atoms with E-state index in [0.29, 0.717) is 11.7 Å². The van der Waals surface area contributed by atoms with Gasteiger partial charge in [0.1, 0.15) is 0 Å². The third kappa shape index (κ3) is 4.53. The first-order valence-corrected chi connectivity index (χ1v) is 8.31. The highest BCUT2D eigenvalue weighted by molar-refractivity contribution is 8.00. The van der Waals surface area contributed by atoms with Crippen LogP contribution in [-0.2, 0) is 4.79 Å². The van der Waals surface area contributed by atoms with E-state index in [-0.39, 0.29) is 5.91 Å². The molecule has 1 heterocycles. The molecule has 20 heavy (non-hydrogen) atoms. The molecule has 1 aromatic carbocycles. The van der Waals surface area contributed by atoms with E-state index in [2.05, 4.69) is 31.0 Å². The van der Waals surface area contributed by atoms with Crippen molar-refractivity contribution in [1.82, 2.24) is 9.80 Å². The lowest BCUT2D eigenvalue weighted by Crippen LogP contribution is -2.32. The van der Waals surface area contributed by atoms with Crippen molar-refractivity contribution in [1.29, 1.82) is 0 Å². The monoisotopic (exact) mass is 292 g/mol. The van der Waals surface area contributed by atoms with Crippen LogP contribution in [-0.4, -0.2) is 54.7 Å². The molecule has 1 saturated heterocycles. The van der Waals surface area contributed by atoms with Crippen molar-refractivity contribution in [2.75, 3.05) is 39.0 Å². The van der Waals surface area contributed by atoms with E-state index in [1.807, 2.05) is 23.1 Å². The highest BCUT2D eigenvalue weighted by atomic mass is 32.2. The molecule has 0 aliphatic carbocycles. The van der Waals surface area contributed by atoms with Crippen LogP contribution in [0.5, 0.6) is 0 Å². The van der Waals surface area contributed by atoms with Crippen LogP contribution in [0.25, 0.3) is 0 Å². The summed E-state index contributed by atoms with van der Waals surface area (Å²) in [5.41, 5.74) is 0. The molecule has 1 aromatic rings. The van der Waals surface area contributed by atoms with E-state index in [9.17, 15) is 4.79 Å². The second-order valence-electron chi connectivity index (χ2n) is 5.45. The average molecular weight is 292 g/mol.